The summed E-state index contributed by atoms with van der Waals surface area (Å²) in [6.07, 6.45) is 1.73. The lowest BCUT2D eigenvalue weighted by molar-refractivity contribution is -0.159. The van der Waals surface area contributed by atoms with Crippen molar-refractivity contribution in [1.29, 1.82) is 0 Å². The number of benzene rings is 2. The molecule has 0 spiro atoms. The summed E-state index contributed by atoms with van der Waals surface area (Å²) in [7, 11) is 0. The summed E-state index contributed by atoms with van der Waals surface area (Å²) in [4.78, 5) is 26.8. The molecular weight excluding hydrogens is 349 g/mol. The molecule has 1 amide bonds. The molecule has 1 aliphatic heterocycles. The minimum Gasteiger partial charge on any atom is -0.444 e. The lowest BCUT2D eigenvalue weighted by Gasteiger charge is -2.30. The topological polar surface area (TPSA) is 55.8 Å². The van der Waals surface area contributed by atoms with Gasteiger partial charge in [0.2, 0.25) is 6.10 Å². The molecular formula is C21H20FNO4. The Balaban J connectivity index is 1.73. The van der Waals surface area contributed by atoms with E-state index in [0.717, 1.165) is 0 Å². The molecule has 5 nitrogen and oxygen atoms in total. The number of esters is 1. The molecule has 1 heterocycles. The summed E-state index contributed by atoms with van der Waals surface area (Å²) in [5, 5.41) is 0. The summed E-state index contributed by atoms with van der Waals surface area (Å²) in [5.74, 6) is -1.27. The van der Waals surface area contributed by atoms with Crippen LogP contribution >= 0.6 is 0 Å². The van der Waals surface area contributed by atoms with E-state index < -0.39 is 12.1 Å². The van der Waals surface area contributed by atoms with Crippen LogP contribution in [0.5, 0.6) is 0 Å². The van der Waals surface area contributed by atoms with Gasteiger partial charge in [-0.1, -0.05) is 42.5 Å². The van der Waals surface area contributed by atoms with Crippen molar-refractivity contribution in [3.05, 3.63) is 77.6 Å². The number of carbonyl (C=O) groups is 2. The Bertz CT molecular complexity index is 799. The molecule has 6 heteroatoms. The average molecular weight is 369 g/mol. The number of hydrogen-bond donors (Lipinski definition) is 0. The Hall–Kier alpha value is -2.99. The maximum Gasteiger partial charge on any atom is 0.331 e. The summed E-state index contributed by atoms with van der Waals surface area (Å²) in [5.41, 5.74) is 1.27. The van der Waals surface area contributed by atoms with Gasteiger partial charge in [-0.2, -0.15) is 0 Å². The van der Waals surface area contributed by atoms with E-state index in [0.29, 0.717) is 37.4 Å². The average Bonchev–Trinajstić information content (AvgIpc) is 2.72. The van der Waals surface area contributed by atoms with Crippen molar-refractivity contribution >= 4 is 18.0 Å². The number of amides is 1. The van der Waals surface area contributed by atoms with Crippen molar-refractivity contribution in [2.24, 2.45) is 0 Å². The van der Waals surface area contributed by atoms with Gasteiger partial charge >= 0.3 is 5.97 Å². The number of hydrogen-bond acceptors (Lipinski definition) is 4. The van der Waals surface area contributed by atoms with E-state index in [1.165, 1.54) is 24.3 Å². The molecule has 1 atom stereocenters. The largest absolute Gasteiger partial charge is 0.444 e. The Kier molecular flexibility index (Phi) is 6.33. The second-order valence-corrected chi connectivity index (χ2v) is 6.05. The molecule has 1 saturated heterocycles. The lowest BCUT2D eigenvalue weighted by atomic mass is 10.1. The third-order valence-corrected chi connectivity index (χ3v) is 4.17. The number of rotatable bonds is 5. The predicted octanol–water partition coefficient (Wildman–Crippen LogP) is 2.98. The highest BCUT2D eigenvalue weighted by Crippen LogP contribution is 2.21. The summed E-state index contributed by atoms with van der Waals surface area (Å²) in [6.45, 7) is 1.85. The summed E-state index contributed by atoms with van der Waals surface area (Å²) < 4.78 is 23.7. The van der Waals surface area contributed by atoms with Crippen LogP contribution in [0.1, 0.15) is 17.2 Å². The number of morpholine rings is 1. The zero-order valence-corrected chi connectivity index (χ0v) is 14.7. The minimum atomic E-state index is -1.02. The van der Waals surface area contributed by atoms with Gasteiger partial charge in [-0.3, -0.25) is 4.79 Å². The summed E-state index contributed by atoms with van der Waals surface area (Å²) in [6, 6.07) is 14.6. The van der Waals surface area contributed by atoms with E-state index in [1.54, 1.807) is 41.3 Å². The van der Waals surface area contributed by atoms with Crippen molar-refractivity contribution in [1.82, 2.24) is 4.90 Å². The highest BCUT2D eigenvalue weighted by atomic mass is 19.1. The lowest BCUT2D eigenvalue weighted by Crippen LogP contribution is -2.44. The highest BCUT2D eigenvalue weighted by Gasteiger charge is 2.29. The van der Waals surface area contributed by atoms with Crippen LogP contribution in [0.3, 0.4) is 0 Å². The zero-order chi connectivity index (χ0) is 19.1. The van der Waals surface area contributed by atoms with Gasteiger partial charge in [0.15, 0.2) is 0 Å². The molecule has 1 fully saturated rings. The van der Waals surface area contributed by atoms with Crippen LogP contribution in [0.2, 0.25) is 0 Å². The Morgan fingerprint density at radius 2 is 1.70 bits per heavy atom. The maximum absolute atomic E-state index is 12.9. The number of nitrogens with zero attached hydrogens (tertiary/aromatic N) is 1. The quantitative estimate of drug-likeness (QED) is 0.601. The second kappa shape index (κ2) is 9.09. The van der Waals surface area contributed by atoms with Gasteiger partial charge in [0, 0.05) is 24.7 Å². The first-order valence-electron chi connectivity index (χ1n) is 8.69. The van der Waals surface area contributed by atoms with Crippen molar-refractivity contribution in [3.8, 4) is 0 Å². The van der Waals surface area contributed by atoms with Crippen LogP contribution in [0.15, 0.2) is 60.7 Å². The van der Waals surface area contributed by atoms with Crippen LogP contribution in [-0.2, 0) is 19.1 Å². The van der Waals surface area contributed by atoms with Gasteiger partial charge in [-0.25, -0.2) is 9.18 Å². The fourth-order valence-corrected chi connectivity index (χ4v) is 2.73. The second-order valence-electron chi connectivity index (χ2n) is 6.05. The maximum atomic E-state index is 12.9. The van der Waals surface area contributed by atoms with E-state index in [9.17, 15) is 14.0 Å². The van der Waals surface area contributed by atoms with Crippen LogP contribution in [-0.4, -0.2) is 43.1 Å². The zero-order valence-electron chi connectivity index (χ0n) is 14.7. The fourth-order valence-electron chi connectivity index (χ4n) is 2.73. The molecule has 2 aromatic rings. The number of halogens is 1. The van der Waals surface area contributed by atoms with Crippen LogP contribution in [0.4, 0.5) is 4.39 Å². The van der Waals surface area contributed by atoms with Gasteiger partial charge in [0.05, 0.1) is 13.2 Å². The standard InChI is InChI=1S/C21H20FNO4/c22-18-9-6-16(7-10-18)8-11-19(24)27-20(17-4-2-1-3-5-17)21(25)23-12-14-26-15-13-23/h1-11,20H,12-15H2/b11-8+/t20-/m1/s1. The molecule has 27 heavy (non-hydrogen) atoms. The fraction of sp³-hybridized carbons (Fsp3) is 0.238. The monoisotopic (exact) mass is 369 g/mol. The molecule has 0 saturated carbocycles. The van der Waals surface area contributed by atoms with E-state index in [4.69, 9.17) is 9.47 Å². The molecule has 0 aromatic heterocycles. The van der Waals surface area contributed by atoms with E-state index in [-0.39, 0.29) is 11.7 Å². The van der Waals surface area contributed by atoms with Gasteiger partial charge in [0.1, 0.15) is 5.82 Å². The van der Waals surface area contributed by atoms with Crippen molar-refractivity contribution in [2.45, 2.75) is 6.10 Å². The van der Waals surface area contributed by atoms with Gasteiger partial charge in [-0.05, 0) is 23.8 Å². The molecule has 0 unspecified atom stereocenters. The Labute approximate surface area is 157 Å². The molecule has 0 bridgehead atoms. The highest BCUT2D eigenvalue weighted by molar-refractivity contribution is 5.91. The van der Waals surface area contributed by atoms with E-state index in [1.807, 2.05) is 6.07 Å². The number of carbonyl (C=O) groups excluding carboxylic acids is 2. The Morgan fingerprint density at radius 3 is 2.37 bits per heavy atom. The third-order valence-electron chi connectivity index (χ3n) is 4.17. The first kappa shape index (κ1) is 18.8. The van der Waals surface area contributed by atoms with Crippen LogP contribution in [0, 0.1) is 5.82 Å². The molecule has 1 aliphatic rings. The van der Waals surface area contributed by atoms with Crippen LogP contribution in [0.25, 0.3) is 6.08 Å². The van der Waals surface area contributed by atoms with Gasteiger partial charge < -0.3 is 14.4 Å². The van der Waals surface area contributed by atoms with E-state index in [2.05, 4.69) is 0 Å². The number of ether oxygens (including phenoxy) is 2. The van der Waals surface area contributed by atoms with E-state index >= 15 is 0 Å². The third kappa shape index (κ3) is 5.24. The van der Waals surface area contributed by atoms with Crippen molar-refractivity contribution in [3.63, 3.8) is 0 Å². The molecule has 0 radical (unpaired) electrons. The molecule has 140 valence electrons. The van der Waals surface area contributed by atoms with Gasteiger partial charge in [-0.15, -0.1) is 0 Å². The smallest absolute Gasteiger partial charge is 0.331 e. The predicted molar refractivity (Wildman–Crippen MR) is 98.1 cm³/mol. The van der Waals surface area contributed by atoms with Crippen LogP contribution < -0.4 is 0 Å². The normalized spacial score (nSPS) is 15.5. The van der Waals surface area contributed by atoms with Gasteiger partial charge in [0.25, 0.3) is 5.91 Å². The SMILES string of the molecule is O=C(/C=C/c1ccc(F)cc1)O[C@@H](C(=O)N1CCOCC1)c1ccccc1. The van der Waals surface area contributed by atoms with Crippen molar-refractivity contribution in [2.75, 3.05) is 26.3 Å². The molecule has 0 aliphatic carbocycles. The first-order valence-corrected chi connectivity index (χ1v) is 8.69. The minimum absolute atomic E-state index is 0.270. The molecule has 3 rings (SSSR count). The summed E-state index contributed by atoms with van der Waals surface area (Å²) >= 11 is 0. The molecule has 2 aromatic carbocycles. The Morgan fingerprint density at radius 1 is 1.04 bits per heavy atom. The van der Waals surface area contributed by atoms with Crippen molar-refractivity contribution < 1.29 is 23.5 Å². The first-order chi connectivity index (χ1) is 13.1. The molecule has 0 N–H and O–H groups in total.